The lowest BCUT2D eigenvalue weighted by atomic mass is 9.94. The summed E-state index contributed by atoms with van der Waals surface area (Å²) in [4.78, 5) is 41.4. The fourth-order valence-electron chi connectivity index (χ4n) is 4.99. The number of nitrogens with zero attached hydrogens (tertiary/aromatic N) is 2. The minimum atomic E-state index is -0.343. The van der Waals surface area contributed by atoms with E-state index in [1.807, 2.05) is 68.1 Å². The van der Waals surface area contributed by atoms with Crippen molar-refractivity contribution in [2.24, 2.45) is 0 Å². The predicted molar refractivity (Wildman–Crippen MR) is 137 cm³/mol. The third kappa shape index (κ3) is 5.92. The van der Waals surface area contributed by atoms with Crippen LogP contribution in [0, 0.1) is 0 Å². The number of rotatable bonds is 9. The molecule has 0 saturated carbocycles. The molecule has 0 aromatic heterocycles. The van der Waals surface area contributed by atoms with Gasteiger partial charge >= 0.3 is 6.09 Å². The van der Waals surface area contributed by atoms with Crippen molar-refractivity contribution in [1.29, 1.82) is 0 Å². The van der Waals surface area contributed by atoms with Gasteiger partial charge in [-0.15, -0.1) is 0 Å². The Balaban J connectivity index is 1.25. The highest BCUT2D eigenvalue weighted by molar-refractivity contribution is 6.02. The van der Waals surface area contributed by atoms with Crippen LogP contribution in [0.25, 0.3) is 0 Å². The summed E-state index contributed by atoms with van der Waals surface area (Å²) in [7, 11) is 0. The van der Waals surface area contributed by atoms with Crippen molar-refractivity contribution < 1.29 is 19.1 Å². The van der Waals surface area contributed by atoms with Gasteiger partial charge in [-0.3, -0.25) is 9.59 Å². The van der Waals surface area contributed by atoms with Gasteiger partial charge in [0.1, 0.15) is 6.61 Å². The van der Waals surface area contributed by atoms with E-state index in [2.05, 4.69) is 0 Å². The van der Waals surface area contributed by atoms with Crippen LogP contribution < -0.4 is 4.90 Å². The summed E-state index contributed by atoms with van der Waals surface area (Å²) in [5.41, 5.74) is 4.72. The van der Waals surface area contributed by atoms with Crippen LogP contribution in [-0.2, 0) is 29.0 Å². The topological polar surface area (TPSA) is 66.9 Å². The molecule has 0 aliphatic carbocycles. The molecular formula is C29H36N2O4. The number of aryl methyl sites for hydroxylation is 1. The van der Waals surface area contributed by atoms with Crippen LogP contribution in [0.5, 0.6) is 0 Å². The lowest BCUT2D eigenvalue weighted by molar-refractivity contribution is -0.118. The minimum Gasteiger partial charge on any atom is -0.445 e. The fraction of sp³-hybridized carbons (Fsp3) is 0.483. The number of unbranched alkanes of at least 4 members (excludes halogenated alkanes) is 2. The Morgan fingerprint density at radius 1 is 0.971 bits per heavy atom. The van der Waals surface area contributed by atoms with Crippen LogP contribution in [0.3, 0.4) is 0 Å². The SMILES string of the molecule is CC(C)(C)N(CCCCCC(=O)c1cc2c3c(c1)CCN3C(=O)CC2)C(=O)OCc1ccccc1. The molecule has 6 heteroatoms. The van der Waals surface area contributed by atoms with Gasteiger partial charge in [-0.25, -0.2) is 4.79 Å². The summed E-state index contributed by atoms with van der Waals surface area (Å²) in [5, 5.41) is 0. The maximum atomic E-state index is 12.9. The van der Waals surface area contributed by atoms with Gasteiger partial charge in [0, 0.05) is 37.0 Å². The number of ketones is 1. The average molecular weight is 477 g/mol. The van der Waals surface area contributed by atoms with Gasteiger partial charge in [0.2, 0.25) is 5.91 Å². The molecule has 186 valence electrons. The second-order valence-electron chi connectivity index (χ2n) is 10.5. The van der Waals surface area contributed by atoms with E-state index in [0.29, 0.717) is 19.4 Å². The Morgan fingerprint density at radius 3 is 2.40 bits per heavy atom. The number of ether oxygens (including phenoxy) is 1. The van der Waals surface area contributed by atoms with E-state index < -0.39 is 0 Å². The molecule has 6 nitrogen and oxygen atoms in total. The molecule has 2 amide bonds. The van der Waals surface area contributed by atoms with E-state index in [1.54, 1.807) is 4.90 Å². The van der Waals surface area contributed by atoms with Crippen molar-refractivity contribution in [3.05, 3.63) is 64.7 Å². The molecule has 2 aliphatic heterocycles. The highest BCUT2D eigenvalue weighted by atomic mass is 16.6. The van der Waals surface area contributed by atoms with Crippen molar-refractivity contribution in [3.8, 4) is 0 Å². The van der Waals surface area contributed by atoms with E-state index in [4.69, 9.17) is 4.74 Å². The molecule has 2 aliphatic rings. The van der Waals surface area contributed by atoms with E-state index in [9.17, 15) is 14.4 Å². The average Bonchev–Trinajstić information content (AvgIpc) is 3.27. The molecule has 0 spiro atoms. The minimum absolute atomic E-state index is 0.161. The number of hydrogen-bond acceptors (Lipinski definition) is 4. The maximum absolute atomic E-state index is 12.9. The highest BCUT2D eigenvalue weighted by Crippen LogP contribution is 2.37. The summed E-state index contributed by atoms with van der Waals surface area (Å²) < 4.78 is 5.56. The van der Waals surface area contributed by atoms with Crippen molar-refractivity contribution in [1.82, 2.24) is 4.90 Å². The molecule has 0 fully saturated rings. The molecule has 2 aromatic rings. The summed E-state index contributed by atoms with van der Waals surface area (Å²) >= 11 is 0. The first-order valence-corrected chi connectivity index (χ1v) is 12.7. The largest absolute Gasteiger partial charge is 0.445 e. The highest BCUT2D eigenvalue weighted by Gasteiger charge is 2.32. The van der Waals surface area contributed by atoms with Crippen LogP contribution in [0.15, 0.2) is 42.5 Å². The lowest BCUT2D eigenvalue weighted by Gasteiger charge is -2.34. The van der Waals surface area contributed by atoms with E-state index in [-0.39, 0.29) is 29.9 Å². The van der Waals surface area contributed by atoms with Crippen molar-refractivity contribution >= 4 is 23.5 Å². The first-order valence-electron chi connectivity index (χ1n) is 12.7. The Kier molecular flexibility index (Phi) is 7.58. The summed E-state index contributed by atoms with van der Waals surface area (Å²) in [5.74, 6) is 0.359. The van der Waals surface area contributed by atoms with E-state index in [1.165, 1.54) is 0 Å². The summed E-state index contributed by atoms with van der Waals surface area (Å²) in [6.07, 6.45) is 4.74. The molecule has 2 aromatic carbocycles. The molecule has 35 heavy (non-hydrogen) atoms. The monoisotopic (exact) mass is 476 g/mol. The van der Waals surface area contributed by atoms with Gasteiger partial charge in [0.05, 0.1) is 5.69 Å². The number of anilines is 1. The Labute approximate surface area is 208 Å². The van der Waals surface area contributed by atoms with Crippen LogP contribution in [-0.4, -0.2) is 41.3 Å². The molecule has 2 heterocycles. The summed E-state index contributed by atoms with van der Waals surface area (Å²) in [6, 6.07) is 13.7. The second-order valence-corrected chi connectivity index (χ2v) is 10.5. The van der Waals surface area contributed by atoms with Crippen molar-refractivity contribution in [2.75, 3.05) is 18.0 Å². The predicted octanol–water partition coefficient (Wildman–Crippen LogP) is 5.70. The smallest absolute Gasteiger partial charge is 0.410 e. The Hall–Kier alpha value is -3.15. The molecule has 0 bridgehead atoms. The van der Waals surface area contributed by atoms with Crippen molar-refractivity contribution in [2.45, 2.75) is 77.9 Å². The number of carbonyl (C=O) groups excluding carboxylic acids is 3. The van der Waals surface area contributed by atoms with Crippen LogP contribution >= 0.6 is 0 Å². The summed E-state index contributed by atoms with van der Waals surface area (Å²) in [6.45, 7) is 7.62. The third-order valence-corrected chi connectivity index (χ3v) is 6.89. The van der Waals surface area contributed by atoms with Crippen LogP contribution in [0.4, 0.5) is 10.5 Å². The van der Waals surface area contributed by atoms with Gasteiger partial charge in [-0.1, -0.05) is 36.8 Å². The standard InChI is InChI=1S/C29H36N2O4/c1-29(2,3)31(28(34)35-20-21-10-6-4-7-11-21)16-9-5-8-12-25(32)24-18-22-13-14-26(33)30-17-15-23(19-24)27(22)30/h4,6-7,10-11,18-19H,5,8-9,12-17,20H2,1-3H3. The van der Waals surface area contributed by atoms with Crippen molar-refractivity contribution in [3.63, 3.8) is 0 Å². The van der Waals surface area contributed by atoms with Crippen LogP contribution in [0.1, 0.15) is 79.9 Å². The van der Waals surface area contributed by atoms with E-state index >= 15 is 0 Å². The molecule has 0 saturated heterocycles. The molecular weight excluding hydrogens is 440 g/mol. The third-order valence-electron chi connectivity index (χ3n) is 6.89. The van der Waals surface area contributed by atoms with Gasteiger partial charge in [-0.2, -0.15) is 0 Å². The lowest BCUT2D eigenvalue weighted by Crippen LogP contribution is -2.46. The first-order chi connectivity index (χ1) is 16.7. The number of Topliss-reactive ketones (excluding diaryl/α,β-unsaturated/α-hetero) is 1. The molecule has 0 radical (unpaired) electrons. The van der Waals surface area contributed by atoms with Gasteiger partial charge in [-0.05, 0) is 75.3 Å². The van der Waals surface area contributed by atoms with E-state index in [0.717, 1.165) is 66.6 Å². The molecule has 4 rings (SSSR count). The number of amides is 2. The zero-order valence-electron chi connectivity index (χ0n) is 21.1. The number of carbonyl (C=O) groups is 3. The first kappa shape index (κ1) is 25.0. The Morgan fingerprint density at radius 2 is 1.69 bits per heavy atom. The van der Waals surface area contributed by atoms with Crippen LogP contribution in [0.2, 0.25) is 0 Å². The normalized spacial score (nSPS) is 14.6. The fourth-order valence-corrected chi connectivity index (χ4v) is 4.99. The zero-order chi connectivity index (χ0) is 25.0. The second kappa shape index (κ2) is 10.6. The zero-order valence-corrected chi connectivity index (χ0v) is 21.1. The molecule has 0 unspecified atom stereocenters. The number of benzene rings is 2. The molecule has 0 atom stereocenters. The Bertz CT molecular complexity index is 1090. The van der Waals surface area contributed by atoms with Gasteiger partial charge < -0.3 is 14.5 Å². The number of hydrogen-bond donors (Lipinski definition) is 0. The quantitative estimate of drug-likeness (QED) is 0.344. The molecule has 0 N–H and O–H groups in total. The van der Waals surface area contributed by atoms with Gasteiger partial charge in [0.25, 0.3) is 0 Å². The van der Waals surface area contributed by atoms with Gasteiger partial charge in [0.15, 0.2) is 5.78 Å². The maximum Gasteiger partial charge on any atom is 0.410 e.